The van der Waals surface area contributed by atoms with E-state index in [9.17, 15) is 4.79 Å². The second-order valence-electron chi connectivity index (χ2n) is 5.50. The highest BCUT2D eigenvalue weighted by Crippen LogP contribution is 2.29. The van der Waals surface area contributed by atoms with Gasteiger partial charge >= 0.3 is 5.97 Å². The zero-order valence-corrected chi connectivity index (χ0v) is 14.6. The van der Waals surface area contributed by atoms with Gasteiger partial charge in [0.2, 0.25) is 0 Å². The second-order valence-corrected chi connectivity index (χ2v) is 5.50. The van der Waals surface area contributed by atoms with Gasteiger partial charge in [0.25, 0.3) is 0 Å². The molecule has 0 fully saturated rings. The van der Waals surface area contributed by atoms with Gasteiger partial charge in [-0.15, -0.1) is 0 Å². The number of esters is 1. The van der Waals surface area contributed by atoms with Crippen LogP contribution in [0.1, 0.15) is 22.8 Å². The number of aromatic nitrogens is 3. The van der Waals surface area contributed by atoms with Crippen LogP contribution < -0.4 is 5.73 Å². The van der Waals surface area contributed by atoms with Crippen LogP contribution in [-0.4, -0.2) is 40.8 Å². The molecule has 1 aromatic carbocycles. The first-order valence-electron chi connectivity index (χ1n) is 8.13. The lowest BCUT2D eigenvalue weighted by Crippen LogP contribution is -2.04. The van der Waals surface area contributed by atoms with Crippen molar-refractivity contribution in [2.45, 2.75) is 6.92 Å². The maximum Gasteiger partial charge on any atom is 0.338 e. The number of imidazole rings is 1. The number of H-pyrrole nitrogens is 1. The minimum atomic E-state index is -0.348. The van der Waals surface area contributed by atoms with E-state index >= 15 is 0 Å². The summed E-state index contributed by atoms with van der Waals surface area (Å²) < 4.78 is 5.00. The van der Waals surface area contributed by atoms with E-state index in [1.165, 1.54) is 0 Å². The fourth-order valence-corrected chi connectivity index (χ4v) is 2.60. The van der Waals surface area contributed by atoms with Crippen molar-refractivity contribution in [2.24, 2.45) is 4.99 Å². The number of ether oxygens (including phenoxy) is 1. The molecule has 3 aromatic rings. The molecule has 2 aromatic heterocycles. The standard InChI is InChI=1S/C19H19N5O2/c1-3-26-19(25)13-6-4-12(5-7-13)16-8-14(17-10-22-11-23-17)15(9-21-2)18(20)24-16/h4-11H,3H2,1-2H3,(H2,20,24)(H,22,23). The molecule has 132 valence electrons. The zero-order valence-electron chi connectivity index (χ0n) is 14.6. The number of nitrogens with zero attached hydrogens (tertiary/aromatic N) is 3. The number of carbonyl (C=O) groups excluding carboxylic acids is 1. The molecule has 7 heteroatoms. The first-order chi connectivity index (χ1) is 12.6. The van der Waals surface area contributed by atoms with Gasteiger partial charge in [0, 0.05) is 30.0 Å². The minimum absolute atomic E-state index is 0.340. The maximum absolute atomic E-state index is 11.8. The number of carbonyl (C=O) groups is 1. The first kappa shape index (κ1) is 17.3. The third kappa shape index (κ3) is 3.46. The summed E-state index contributed by atoms with van der Waals surface area (Å²) in [6, 6.07) is 8.97. The summed E-state index contributed by atoms with van der Waals surface area (Å²) in [6.45, 7) is 2.11. The van der Waals surface area contributed by atoms with Crippen molar-refractivity contribution in [1.82, 2.24) is 15.0 Å². The fraction of sp³-hybridized carbons (Fsp3) is 0.158. The molecule has 0 aliphatic rings. The Morgan fingerprint density at radius 2 is 2.12 bits per heavy atom. The van der Waals surface area contributed by atoms with Crippen LogP contribution in [0, 0.1) is 0 Å². The molecule has 0 bridgehead atoms. The van der Waals surface area contributed by atoms with E-state index in [1.807, 2.05) is 18.2 Å². The summed E-state index contributed by atoms with van der Waals surface area (Å²) in [5.74, 6) is 0.0198. The van der Waals surface area contributed by atoms with E-state index in [2.05, 4.69) is 19.9 Å². The third-order valence-corrected chi connectivity index (χ3v) is 3.83. The van der Waals surface area contributed by atoms with E-state index in [0.29, 0.717) is 23.7 Å². The zero-order chi connectivity index (χ0) is 18.5. The number of nitrogens with two attached hydrogens (primary N) is 1. The monoisotopic (exact) mass is 349 g/mol. The SMILES string of the molecule is CCOC(=O)c1ccc(-c2cc(-c3cnc[nH]3)c(C=NC)c(N)n2)cc1. The molecular weight excluding hydrogens is 330 g/mol. The summed E-state index contributed by atoms with van der Waals surface area (Å²) in [4.78, 5) is 27.5. The number of rotatable bonds is 5. The van der Waals surface area contributed by atoms with Crippen molar-refractivity contribution in [3.63, 3.8) is 0 Å². The largest absolute Gasteiger partial charge is 0.462 e. The molecule has 0 amide bonds. The Morgan fingerprint density at radius 1 is 1.35 bits per heavy atom. The van der Waals surface area contributed by atoms with Gasteiger partial charge in [0.05, 0.1) is 36.1 Å². The Morgan fingerprint density at radius 3 is 2.73 bits per heavy atom. The number of hydrogen-bond acceptors (Lipinski definition) is 6. The lowest BCUT2D eigenvalue weighted by Gasteiger charge is -2.11. The fourth-order valence-electron chi connectivity index (χ4n) is 2.60. The molecule has 3 rings (SSSR count). The summed E-state index contributed by atoms with van der Waals surface area (Å²) in [6.07, 6.45) is 4.99. The van der Waals surface area contributed by atoms with Crippen molar-refractivity contribution in [1.29, 1.82) is 0 Å². The number of nitrogens with one attached hydrogen (secondary N) is 1. The van der Waals surface area contributed by atoms with Crippen molar-refractivity contribution < 1.29 is 9.53 Å². The van der Waals surface area contributed by atoms with Gasteiger partial charge in [-0.25, -0.2) is 14.8 Å². The lowest BCUT2D eigenvalue weighted by atomic mass is 10.0. The third-order valence-electron chi connectivity index (χ3n) is 3.83. The van der Waals surface area contributed by atoms with Crippen molar-refractivity contribution in [3.05, 3.63) is 54.0 Å². The van der Waals surface area contributed by atoms with Gasteiger partial charge in [-0.2, -0.15) is 0 Å². The Bertz CT molecular complexity index is 931. The summed E-state index contributed by atoms with van der Waals surface area (Å²) >= 11 is 0. The number of benzene rings is 1. The van der Waals surface area contributed by atoms with Gasteiger partial charge in [0.15, 0.2) is 0 Å². The molecule has 0 saturated heterocycles. The predicted molar refractivity (Wildman–Crippen MR) is 101 cm³/mol. The van der Waals surface area contributed by atoms with Crippen LogP contribution in [0.15, 0.2) is 47.8 Å². The molecule has 0 atom stereocenters. The first-order valence-corrected chi connectivity index (χ1v) is 8.13. The van der Waals surface area contributed by atoms with E-state index in [0.717, 1.165) is 22.4 Å². The highest BCUT2D eigenvalue weighted by atomic mass is 16.5. The molecular formula is C19H19N5O2. The highest BCUT2D eigenvalue weighted by molar-refractivity contribution is 5.96. The Balaban J connectivity index is 2.04. The smallest absolute Gasteiger partial charge is 0.338 e. The number of nitrogen functional groups attached to an aromatic ring is 1. The topological polar surface area (TPSA) is 106 Å². The molecule has 0 spiro atoms. The van der Waals surface area contributed by atoms with Crippen LogP contribution in [-0.2, 0) is 4.74 Å². The molecule has 0 aliphatic carbocycles. The van der Waals surface area contributed by atoms with Gasteiger partial charge < -0.3 is 15.5 Å². The van der Waals surface area contributed by atoms with Gasteiger partial charge in [-0.3, -0.25) is 4.99 Å². The number of aromatic amines is 1. The molecule has 26 heavy (non-hydrogen) atoms. The summed E-state index contributed by atoms with van der Waals surface area (Å²) in [5.41, 5.74) is 10.6. The van der Waals surface area contributed by atoms with Crippen LogP contribution >= 0.6 is 0 Å². The normalized spacial score (nSPS) is 11.0. The molecule has 0 radical (unpaired) electrons. The quantitative estimate of drug-likeness (QED) is 0.544. The van der Waals surface area contributed by atoms with Crippen LogP contribution in [0.4, 0.5) is 5.82 Å². The molecule has 0 unspecified atom stereocenters. The van der Waals surface area contributed by atoms with E-state index < -0.39 is 0 Å². The number of pyridine rings is 1. The van der Waals surface area contributed by atoms with Gasteiger partial charge in [-0.05, 0) is 25.1 Å². The Kier molecular flexibility index (Phi) is 5.07. The van der Waals surface area contributed by atoms with Crippen molar-refractivity contribution >= 4 is 18.0 Å². The number of hydrogen-bond donors (Lipinski definition) is 2. The minimum Gasteiger partial charge on any atom is -0.462 e. The van der Waals surface area contributed by atoms with E-state index in [1.54, 1.807) is 44.8 Å². The molecule has 2 heterocycles. The molecule has 0 aliphatic heterocycles. The average Bonchev–Trinajstić information content (AvgIpc) is 3.18. The van der Waals surface area contributed by atoms with E-state index in [4.69, 9.17) is 10.5 Å². The number of anilines is 1. The van der Waals surface area contributed by atoms with Crippen LogP contribution in [0.25, 0.3) is 22.5 Å². The Labute approximate surface area is 151 Å². The molecule has 7 nitrogen and oxygen atoms in total. The average molecular weight is 349 g/mol. The van der Waals surface area contributed by atoms with Gasteiger partial charge in [-0.1, -0.05) is 12.1 Å². The summed E-state index contributed by atoms with van der Waals surface area (Å²) in [5, 5.41) is 0. The lowest BCUT2D eigenvalue weighted by molar-refractivity contribution is 0.0526. The van der Waals surface area contributed by atoms with E-state index in [-0.39, 0.29) is 5.97 Å². The molecule has 3 N–H and O–H groups in total. The van der Waals surface area contributed by atoms with Crippen molar-refractivity contribution in [2.75, 3.05) is 19.4 Å². The van der Waals surface area contributed by atoms with Crippen LogP contribution in [0.2, 0.25) is 0 Å². The molecule has 0 saturated carbocycles. The van der Waals surface area contributed by atoms with Crippen molar-refractivity contribution in [3.8, 4) is 22.5 Å². The number of aliphatic imine (C=N–C) groups is 1. The maximum atomic E-state index is 11.8. The second kappa shape index (κ2) is 7.60. The van der Waals surface area contributed by atoms with Crippen LogP contribution in [0.3, 0.4) is 0 Å². The summed E-state index contributed by atoms with van der Waals surface area (Å²) in [7, 11) is 1.68. The predicted octanol–water partition coefficient (Wildman–Crippen LogP) is 2.95. The van der Waals surface area contributed by atoms with Gasteiger partial charge in [0.1, 0.15) is 5.82 Å². The van der Waals surface area contributed by atoms with Crippen LogP contribution in [0.5, 0.6) is 0 Å². The Hall–Kier alpha value is -3.48. The highest BCUT2D eigenvalue weighted by Gasteiger charge is 2.14.